The molecule has 0 saturated carbocycles. The number of carbonyl (C=O) groups is 1. The van der Waals surface area contributed by atoms with Gasteiger partial charge < -0.3 is 9.90 Å². The van der Waals surface area contributed by atoms with Gasteiger partial charge in [-0.05, 0) is 16.7 Å². The number of nitrogens with zero attached hydrogens (tertiary/aromatic N) is 2. The number of carbonyl (C=O) groups excluding carboxylic acids is 1. The molecule has 0 saturated heterocycles. The van der Waals surface area contributed by atoms with Gasteiger partial charge >= 0.3 is 0 Å². The van der Waals surface area contributed by atoms with E-state index in [9.17, 15) is 14.7 Å². The quantitative estimate of drug-likeness (QED) is 0.560. The Labute approximate surface area is 152 Å². The van der Waals surface area contributed by atoms with Gasteiger partial charge in [0, 0.05) is 10.9 Å². The molecule has 0 unspecified atom stereocenters. The molecule has 0 aliphatic carbocycles. The van der Waals surface area contributed by atoms with E-state index in [2.05, 4.69) is 4.98 Å². The SMILES string of the molecule is O=C([O-])Cn1cnc2scc(-c3ccc(-c4ccccc4)cc3)c2c1=O. The molecule has 6 heteroatoms. The number of hydrogen-bond donors (Lipinski definition) is 0. The second-order valence-electron chi connectivity index (χ2n) is 5.82. The van der Waals surface area contributed by atoms with Crippen LogP contribution in [0.2, 0.25) is 0 Å². The zero-order valence-corrected chi connectivity index (χ0v) is 14.4. The van der Waals surface area contributed by atoms with Gasteiger partial charge in [-0.15, -0.1) is 11.3 Å². The van der Waals surface area contributed by atoms with Crippen LogP contribution in [0.3, 0.4) is 0 Å². The third kappa shape index (κ3) is 2.91. The zero-order valence-electron chi connectivity index (χ0n) is 13.6. The number of carboxylic acid groups (broad SMARTS) is 1. The number of aromatic nitrogens is 2. The fourth-order valence-electron chi connectivity index (χ4n) is 2.90. The van der Waals surface area contributed by atoms with Crippen LogP contribution in [0.15, 0.2) is 71.1 Å². The molecule has 4 aromatic rings. The molecule has 5 nitrogen and oxygen atoms in total. The normalized spacial score (nSPS) is 10.9. The molecule has 128 valence electrons. The van der Waals surface area contributed by atoms with Crippen LogP contribution in [-0.2, 0) is 11.3 Å². The summed E-state index contributed by atoms with van der Waals surface area (Å²) in [6.07, 6.45) is 1.25. The molecule has 2 heterocycles. The highest BCUT2D eigenvalue weighted by molar-refractivity contribution is 7.17. The topological polar surface area (TPSA) is 75.0 Å². The van der Waals surface area contributed by atoms with Gasteiger partial charge in [0.25, 0.3) is 5.56 Å². The summed E-state index contributed by atoms with van der Waals surface area (Å²) < 4.78 is 1.06. The lowest BCUT2D eigenvalue weighted by molar-refractivity contribution is -0.306. The molecule has 0 bridgehead atoms. The molecule has 0 atom stereocenters. The van der Waals surface area contributed by atoms with Crippen molar-refractivity contribution < 1.29 is 9.90 Å². The lowest BCUT2D eigenvalue weighted by Crippen LogP contribution is -2.32. The largest absolute Gasteiger partial charge is 0.548 e. The van der Waals surface area contributed by atoms with Crippen molar-refractivity contribution in [3.05, 3.63) is 76.7 Å². The Morgan fingerprint density at radius 3 is 2.35 bits per heavy atom. The third-order valence-electron chi connectivity index (χ3n) is 4.16. The van der Waals surface area contributed by atoms with E-state index >= 15 is 0 Å². The third-order valence-corrected chi connectivity index (χ3v) is 5.05. The number of aliphatic carboxylic acids is 1. The Balaban J connectivity index is 1.79. The van der Waals surface area contributed by atoms with Crippen LogP contribution >= 0.6 is 11.3 Å². The highest BCUT2D eigenvalue weighted by Gasteiger charge is 2.13. The summed E-state index contributed by atoms with van der Waals surface area (Å²) in [5, 5.41) is 13.1. The first-order chi connectivity index (χ1) is 12.6. The first kappa shape index (κ1) is 16.2. The smallest absolute Gasteiger partial charge is 0.263 e. The standard InChI is InChI=1S/C20H14N2O3S/c23-17(24)10-22-12-21-19-18(20(22)25)16(11-26-19)15-8-6-14(7-9-15)13-4-2-1-3-5-13/h1-9,11-12H,10H2,(H,23,24)/p-1. The number of carboxylic acids is 1. The summed E-state index contributed by atoms with van der Waals surface area (Å²) in [6, 6.07) is 17.9. The molecule has 0 radical (unpaired) electrons. The van der Waals surface area contributed by atoms with Crippen LogP contribution in [0.4, 0.5) is 0 Å². The molecular formula is C20H13N2O3S-. The monoisotopic (exact) mass is 361 g/mol. The average molecular weight is 361 g/mol. The molecular weight excluding hydrogens is 348 g/mol. The van der Waals surface area contributed by atoms with Crippen LogP contribution in [0, 0.1) is 0 Å². The molecule has 0 aliphatic heterocycles. The van der Waals surface area contributed by atoms with Gasteiger partial charge in [-0.25, -0.2) is 4.98 Å². The maximum absolute atomic E-state index is 12.6. The minimum absolute atomic E-state index is 0.373. The van der Waals surface area contributed by atoms with Crippen molar-refractivity contribution in [2.45, 2.75) is 6.54 Å². The first-order valence-corrected chi connectivity index (χ1v) is 8.84. The van der Waals surface area contributed by atoms with E-state index in [4.69, 9.17) is 0 Å². The van der Waals surface area contributed by atoms with E-state index in [1.165, 1.54) is 17.7 Å². The summed E-state index contributed by atoms with van der Waals surface area (Å²) in [5.74, 6) is -1.32. The number of benzene rings is 2. The lowest BCUT2D eigenvalue weighted by atomic mass is 10.0. The molecule has 4 rings (SSSR count). The number of thiophene rings is 1. The van der Waals surface area contributed by atoms with Crippen molar-refractivity contribution in [1.82, 2.24) is 9.55 Å². The first-order valence-electron chi connectivity index (χ1n) is 7.96. The predicted octanol–water partition coefficient (Wildman–Crippen LogP) is 2.54. The second-order valence-corrected chi connectivity index (χ2v) is 6.68. The molecule has 0 amide bonds. The highest BCUT2D eigenvalue weighted by Crippen LogP contribution is 2.32. The van der Waals surface area contributed by atoms with Gasteiger partial charge in [-0.2, -0.15) is 0 Å². The average Bonchev–Trinajstić information content (AvgIpc) is 3.09. The van der Waals surface area contributed by atoms with Gasteiger partial charge in [-0.1, -0.05) is 54.6 Å². The Hall–Kier alpha value is -3.25. The molecule has 2 aromatic carbocycles. The maximum Gasteiger partial charge on any atom is 0.263 e. The minimum atomic E-state index is -1.32. The summed E-state index contributed by atoms with van der Waals surface area (Å²) in [5.41, 5.74) is 3.48. The Kier molecular flexibility index (Phi) is 4.10. The lowest BCUT2D eigenvalue weighted by Gasteiger charge is -2.07. The fraction of sp³-hybridized carbons (Fsp3) is 0.0500. The van der Waals surface area contributed by atoms with Crippen molar-refractivity contribution in [2.75, 3.05) is 0 Å². The highest BCUT2D eigenvalue weighted by atomic mass is 32.1. The van der Waals surface area contributed by atoms with Crippen molar-refractivity contribution in [2.24, 2.45) is 0 Å². The van der Waals surface area contributed by atoms with Gasteiger partial charge in [-0.3, -0.25) is 9.36 Å². The van der Waals surface area contributed by atoms with Gasteiger partial charge in [0.05, 0.1) is 24.2 Å². The van der Waals surface area contributed by atoms with Crippen LogP contribution in [0.1, 0.15) is 0 Å². The molecule has 0 N–H and O–H groups in total. The fourth-order valence-corrected chi connectivity index (χ4v) is 3.81. The molecule has 26 heavy (non-hydrogen) atoms. The molecule has 0 spiro atoms. The van der Waals surface area contributed by atoms with Gasteiger partial charge in [0.1, 0.15) is 4.83 Å². The van der Waals surface area contributed by atoms with Crippen molar-refractivity contribution in [3.8, 4) is 22.3 Å². The van der Waals surface area contributed by atoms with Crippen molar-refractivity contribution >= 4 is 27.5 Å². The summed E-state index contributed by atoms with van der Waals surface area (Å²) in [4.78, 5) is 28.3. The van der Waals surface area contributed by atoms with E-state index < -0.39 is 12.5 Å². The number of fused-ring (bicyclic) bond motifs is 1. The summed E-state index contributed by atoms with van der Waals surface area (Å²) in [7, 11) is 0. The van der Waals surface area contributed by atoms with Crippen LogP contribution in [-0.4, -0.2) is 15.5 Å². The zero-order chi connectivity index (χ0) is 18.1. The summed E-state index contributed by atoms with van der Waals surface area (Å²) in [6.45, 7) is -0.510. The second kappa shape index (κ2) is 6.57. The van der Waals surface area contributed by atoms with E-state index in [0.29, 0.717) is 10.2 Å². The van der Waals surface area contributed by atoms with Gasteiger partial charge in [0.2, 0.25) is 0 Å². The van der Waals surface area contributed by atoms with Crippen LogP contribution < -0.4 is 10.7 Å². The van der Waals surface area contributed by atoms with Crippen molar-refractivity contribution in [1.29, 1.82) is 0 Å². The van der Waals surface area contributed by atoms with E-state index in [1.807, 2.05) is 60.0 Å². The molecule has 2 aromatic heterocycles. The van der Waals surface area contributed by atoms with Gasteiger partial charge in [0.15, 0.2) is 0 Å². The predicted molar refractivity (Wildman–Crippen MR) is 99.8 cm³/mol. The number of rotatable bonds is 4. The molecule has 0 fully saturated rings. The van der Waals surface area contributed by atoms with Crippen LogP contribution in [0.5, 0.6) is 0 Å². The Bertz CT molecular complexity index is 1150. The Morgan fingerprint density at radius 2 is 1.65 bits per heavy atom. The Morgan fingerprint density at radius 1 is 1.00 bits per heavy atom. The minimum Gasteiger partial charge on any atom is -0.548 e. The van der Waals surface area contributed by atoms with Crippen LogP contribution in [0.25, 0.3) is 32.5 Å². The molecule has 0 aliphatic rings. The summed E-state index contributed by atoms with van der Waals surface area (Å²) >= 11 is 1.36. The van der Waals surface area contributed by atoms with Crippen molar-refractivity contribution in [3.63, 3.8) is 0 Å². The van der Waals surface area contributed by atoms with E-state index in [1.54, 1.807) is 0 Å². The number of hydrogen-bond acceptors (Lipinski definition) is 5. The van der Waals surface area contributed by atoms with E-state index in [0.717, 1.165) is 26.8 Å². The maximum atomic E-state index is 12.6. The van der Waals surface area contributed by atoms with E-state index in [-0.39, 0.29) is 5.56 Å².